The quantitative estimate of drug-likeness (QED) is 0.500. The van der Waals surface area contributed by atoms with Crippen molar-refractivity contribution in [2.45, 2.75) is 13.3 Å². The maximum Gasteiger partial charge on any atom is 0.117 e. The summed E-state index contributed by atoms with van der Waals surface area (Å²) in [6.45, 7) is 2.06. The Labute approximate surface area is 49.7 Å². The third-order valence-electron chi connectivity index (χ3n) is 1.34. The molecule has 0 bridgehead atoms. The Morgan fingerprint density at radius 2 is 2.25 bits per heavy atom. The molecular weight excluding hydrogens is 100 g/mol. The van der Waals surface area contributed by atoms with Gasteiger partial charge in [0.2, 0.25) is 0 Å². The molecule has 1 aliphatic rings. The Hall–Kier alpha value is -0.720. The summed E-state index contributed by atoms with van der Waals surface area (Å²) in [7, 11) is 1.70. The predicted molar refractivity (Wildman–Crippen MR) is 33.5 cm³/mol. The largest absolute Gasteiger partial charge is 0.497 e. The van der Waals surface area contributed by atoms with Gasteiger partial charge in [0.15, 0.2) is 0 Å². The van der Waals surface area contributed by atoms with E-state index in [9.17, 15) is 0 Å². The highest BCUT2D eigenvalue weighted by Crippen LogP contribution is 2.17. The summed E-state index contributed by atoms with van der Waals surface area (Å²) in [6.07, 6.45) is 5.27. The second kappa shape index (κ2) is 2.03. The Bertz CT molecular complexity index is 142. The van der Waals surface area contributed by atoms with Gasteiger partial charge in [0, 0.05) is 0 Å². The van der Waals surface area contributed by atoms with Crippen molar-refractivity contribution in [3.63, 3.8) is 0 Å². The van der Waals surface area contributed by atoms with E-state index in [1.807, 2.05) is 0 Å². The molecule has 0 saturated carbocycles. The monoisotopic (exact) mass is 110 g/mol. The fourth-order valence-corrected chi connectivity index (χ4v) is 0.849. The molecular formula is C7H10O. The number of allylic oxidation sites excluding steroid dienone is 3. The minimum Gasteiger partial charge on any atom is -0.497 e. The Morgan fingerprint density at radius 3 is 2.50 bits per heavy atom. The Balaban J connectivity index is 2.66. The van der Waals surface area contributed by atoms with Gasteiger partial charge in [-0.1, -0.05) is 6.08 Å². The van der Waals surface area contributed by atoms with Crippen molar-refractivity contribution in [1.82, 2.24) is 0 Å². The third kappa shape index (κ3) is 0.760. The van der Waals surface area contributed by atoms with Crippen LogP contribution in [0, 0.1) is 0 Å². The topological polar surface area (TPSA) is 9.23 Å². The van der Waals surface area contributed by atoms with Crippen molar-refractivity contribution < 1.29 is 4.74 Å². The van der Waals surface area contributed by atoms with Crippen LogP contribution >= 0.6 is 0 Å². The molecule has 0 aliphatic heterocycles. The first-order chi connectivity index (χ1) is 3.84. The van der Waals surface area contributed by atoms with E-state index in [1.54, 1.807) is 7.11 Å². The lowest BCUT2D eigenvalue weighted by atomic mass is 10.3. The molecule has 0 aromatic rings. The van der Waals surface area contributed by atoms with Crippen molar-refractivity contribution in [2.75, 3.05) is 7.11 Å². The summed E-state index contributed by atoms with van der Waals surface area (Å²) in [4.78, 5) is 0. The second-order valence-electron chi connectivity index (χ2n) is 1.90. The van der Waals surface area contributed by atoms with Gasteiger partial charge < -0.3 is 4.74 Å². The lowest BCUT2D eigenvalue weighted by Gasteiger charge is -1.98. The van der Waals surface area contributed by atoms with Crippen LogP contribution in [-0.4, -0.2) is 7.11 Å². The molecule has 0 saturated heterocycles. The van der Waals surface area contributed by atoms with Crippen molar-refractivity contribution >= 4 is 0 Å². The van der Waals surface area contributed by atoms with Gasteiger partial charge in [0.05, 0.1) is 7.11 Å². The highest BCUT2D eigenvalue weighted by molar-refractivity contribution is 5.30. The maximum atomic E-state index is 5.02. The van der Waals surface area contributed by atoms with Crippen LogP contribution in [0.25, 0.3) is 0 Å². The fourth-order valence-electron chi connectivity index (χ4n) is 0.849. The first-order valence-electron chi connectivity index (χ1n) is 2.76. The molecule has 0 heterocycles. The zero-order chi connectivity index (χ0) is 5.98. The number of ether oxygens (including phenoxy) is 1. The van der Waals surface area contributed by atoms with Crippen molar-refractivity contribution in [1.29, 1.82) is 0 Å². The normalized spacial score (nSPS) is 17.8. The minimum absolute atomic E-state index is 1.03. The van der Waals surface area contributed by atoms with Gasteiger partial charge in [-0.2, -0.15) is 0 Å². The molecule has 0 spiro atoms. The maximum absolute atomic E-state index is 5.02. The van der Waals surface area contributed by atoms with Crippen LogP contribution in [0.15, 0.2) is 23.5 Å². The van der Waals surface area contributed by atoms with Crippen LogP contribution in [0.2, 0.25) is 0 Å². The first kappa shape index (κ1) is 5.42. The van der Waals surface area contributed by atoms with Crippen LogP contribution in [-0.2, 0) is 4.74 Å². The zero-order valence-electron chi connectivity index (χ0n) is 5.27. The van der Waals surface area contributed by atoms with E-state index in [0.29, 0.717) is 0 Å². The van der Waals surface area contributed by atoms with Crippen molar-refractivity contribution in [3.8, 4) is 0 Å². The Kier molecular flexibility index (Phi) is 1.38. The first-order valence-corrected chi connectivity index (χ1v) is 2.76. The molecule has 0 radical (unpaired) electrons. The molecule has 0 N–H and O–H groups in total. The van der Waals surface area contributed by atoms with Crippen LogP contribution in [0.4, 0.5) is 0 Å². The molecule has 0 amide bonds. The van der Waals surface area contributed by atoms with E-state index in [4.69, 9.17) is 4.74 Å². The molecule has 0 atom stereocenters. The lowest BCUT2D eigenvalue weighted by Crippen LogP contribution is -1.82. The molecule has 1 heteroatoms. The summed E-state index contributed by atoms with van der Waals surface area (Å²) in [6, 6.07) is 0. The number of hydrogen-bond donors (Lipinski definition) is 0. The average molecular weight is 110 g/mol. The van der Waals surface area contributed by atoms with Gasteiger partial charge >= 0.3 is 0 Å². The van der Waals surface area contributed by atoms with E-state index >= 15 is 0 Å². The van der Waals surface area contributed by atoms with Crippen LogP contribution in [0.5, 0.6) is 0 Å². The number of rotatable bonds is 1. The molecule has 0 aromatic carbocycles. The zero-order valence-corrected chi connectivity index (χ0v) is 5.27. The summed E-state index contributed by atoms with van der Waals surface area (Å²) in [5.74, 6) is 1.03. The molecule has 1 nitrogen and oxygen atoms in total. The van der Waals surface area contributed by atoms with Gasteiger partial charge in [0.25, 0.3) is 0 Å². The predicted octanol–water partition coefficient (Wildman–Crippen LogP) is 1.87. The van der Waals surface area contributed by atoms with E-state index in [-0.39, 0.29) is 0 Å². The van der Waals surface area contributed by atoms with Crippen LogP contribution in [0.1, 0.15) is 13.3 Å². The smallest absolute Gasteiger partial charge is 0.117 e. The summed E-state index contributed by atoms with van der Waals surface area (Å²) >= 11 is 0. The van der Waals surface area contributed by atoms with Crippen LogP contribution < -0.4 is 0 Å². The van der Waals surface area contributed by atoms with Gasteiger partial charge in [-0.05, 0) is 25.0 Å². The molecule has 0 aromatic heterocycles. The average Bonchev–Trinajstić information content (AvgIpc) is 2.14. The Morgan fingerprint density at radius 1 is 1.50 bits per heavy atom. The van der Waals surface area contributed by atoms with Gasteiger partial charge in [0.1, 0.15) is 5.76 Å². The summed E-state index contributed by atoms with van der Waals surface area (Å²) in [5.41, 5.74) is 1.26. The standard InChI is InChI=1S/C7H10O/c1-6-4-3-5-7(6)8-2/h4-5H,3H2,1-2H3. The molecule has 1 rings (SSSR count). The van der Waals surface area contributed by atoms with E-state index in [1.165, 1.54) is 5.57 Å². The van der Waals surface area contributed by atoms with E-state index < -0.39 is 0 Å². The van der Waals surface area contributed by atoms with Crippen molar-refractivity contribution in [3.05, 3.63) is 23.5 Å². The molecule has 44 valence electrons. The highest BCUT2D eigenvalue weighted by Gasteiger charge is 2.02. The fraction of sp³-hybridized carbons (Fsp3) is 0.429. The molecule has 8 heavy (non-hydrogen) atoms. The molecule has 1 aliphatic carbocycles. The van der Waals surface area contributed by atoms with Crippen molar-refractivity contribution in [2.24, 2.45) is 0 Å². The van der Waals surface area contributed by atoms with Gasteiger partial charge in [-0.25, -0.2) is 0 Å². The number of methoxy groups -OCH3 is 1. The SMILES string of the molecule is COC1=CCC=C1C. The van der Waals surface area contributed by atoms with E-state index in [0.717, 1.165) is 12.2 Å². The molecule has 0 fully saturated rings. The number of hydrogen-bond acceptors (Lipinski definition) is 1. The van der Waals surface area contributed by atoms with Gasteiger partial charge in [-0.15, -0.1) is 0 Å². The summed E-state index contributed by atoms with van der Waals surface area (Å²) < 4.78 is 5.02. The van der Waals surface area contributed by atoms with Crippen LogP contribution in [0.3, 0.4) is 0 Å². The molecule has 0 unspecified atom stereocenters. The minimum atomic E-state index is 1.03. The van der Waals surface area contributed by atoms with E-state index in [2.05, 4.69) is 19.1 Å². The second-order valence-corrected chi connectivity index (χ2v) is 1.90. The van der Waals surface area contributed by atoms with Gasteiger partial charge in [-0.3, -0.25) is 0 Å². The third-order valence-corrected chi connectivity index (χ3v) is 1.34. The summed E-state index contributed by atoms with van der Waals surface area (Å²) in [5, 5.41) is 0. The highest BCUT2D eigenvalue weighted by atomic mass is 16.5. The lowest BCUT2D eigenvalue weighted by molar-refractivity contribution is 0.302.